The van der Waals surface area contributed by atoms with Crippen molar-refractivity contribution in [1.82, 2.24) is 5.32 Å². The number of ether oxygens (including phenoxy) is 1. The predicted octanol–water partition coefficient (Wildman–Crippen LogP) is 1.57. The molecule has 1 amide bonds. The number of aliphatic hydroxyl groups excluding tert-OH is 1. The van der Waals surface area contributed by atoms with Crippen LogP contribution in [0.5, 0.6) is 0 Å². The summed E-state index contributed by atoms with van der Waals surface area (Å²) in [6.07, 6.45) is 0. The molecule has 1 rings (SSSR count). The lowest BCUT2D eigenvalue weighted by atomic mass is 10.0. The lowest BCUT2D eigenvalue weighted by molar-refractivity contribution is 0.0866. The fourth-order valence-electron chi connectivity index (χ4n) is 1.77. The van der Waals surface area contributed by atoms with E-state index in [0.29, 0.717) is 12.2 Å². The Hall–Kier alpha value is -1.90. The monoisotopic (exact) mass is 293 g/mol. The number of benzene rings is 1. The van der Waals surface area contributed by atoms with Crippen LogP contribution < -0.4 is 5.32 Å². The third-order valence-corrected chi connectivity index (χ3v) is 3.00. The summed E-state index contributed by atoms with van der Waals surface area (Å²) in [5, 5.41) is 11.6. The Kier molecular flexibility index (Phi) is 6.86. The smallest absolute Gasteiger partial charge is 0.252 e. The molecular formula is C16H20FNO3. The minimum absolute atomic E-state index is 0.151. The summed E-state index contributed by atoms with van der Waals surface area (Å²) >= 11 is 0. The first-order chi connectivity index (χ1) is 9.99. The van der Waals surface area contributed by atoms with Gasteiger partial charge in [-0.3, -0.25) is 4.79 Å². The molecule has 1 unspecified atom stereocenters. The van der Waals surface area contributed by atoms with Crippen molar-refractivity contribution in [2.24, 2.45) is 5.92 Å². The van der Waals surface area contributed by atoms with Crippen molar-refractivity contribution in [1.29, 1.82) is 0 Å². The van der Waals surface area contributed by atoms with Gasteiger partial charge in [-0.15, -0.1) is 0 Å². The molecule has 21 heavy (non-hydrogen) atoms. The molecule has 0 heterocycles. The number of rotatable bonds is 5. The normalized spacial score (nSPS) is 11.7. The minimum atomic E-state index is -0.512. The molecule has 1 atom stereocenters. The maximum absolute atomic E-state index is 13.4. The Morgan fingerprint density at radius 2 is 2.19 bits per heavy atom. The van der Waals surface area contributed by atoms with E-state index in [0.717, 1.165) is 6.07 Å². The lowest BCUT2D eigenvalue weighted by Crippen LogP contribution is -2.41. The van der Waals surface area contributed by atoms with E-state index in [9.17, 15) is 9.18 Å². The molecule has 0 aliphatic rings. The molecule has 0 radical (unpaired) electrons. The Labute approximate surface area is 124 Å². The zero-order valence-electron chi connectivity index (χ0n) is 12.4. The van der Waals surface area contributed by atoms with Crippen molar-refractivity contribution >= 4 is 5.91 Å². The van der Waals surface area contributed by atoms with Gasteiger partial charge in [0.05, 0.1) is 18.2 Å². The molecule has 0 aliphatic carbocycles. The van der Waals surface area contributed by atoms with E-state index in [1.807, 2.05) is 13.8 Å². The maximum atomic E-state index is 13.4. The van der Waals surface area contributed by atoms with Crippen LogP contribution in [0.4, 0.5) is 4.39 Å². The number of carbonyl (C=O) groups excluding carboxylic acids is 1. The first-order valence-corrected chi connectivity index (χ1v) is 6.68. The molecule has 0 saturated carbocycles. The molecule has 1 aromatic rings. The van der Waals surface area contributed by atoms with Gasteiger partial charge < -0.3 is 15.2 Å². The van der Waals surface area contributed by atoms with Crippen LogP contribution >= 0.6 is 0 Å². The van der Waals surface area contributed by atoms with Crippen molar-refractivity contribution in [3.8, 4) is 11.8 Å². The van der Waals surface area contributed by atoms with Gasteiger partial charge in [0.1, 0.15) is 12.4 Å². The van der Waals surface area contributed by atoms with Gasteiger partial charge in [0, 0.05) is 12.7 Å². The molecular weight excluding hydrogens is 273 g/mol. The second-order valence-electron chi connectivity index (χ2n) is 4.93. The molecule has 1 aromatic carbocycles. The highest BCUT2D eigenvalue weighted by Gasteiger charge is 2.19. The number of hydrogen-bond acceptors (Lipinski definition) is 3. The number of amides is 1. The first kappa shape index (κ1) is 17.2. The largest absolute Gasteiger partial charge is 0.384 e. The highest BCUT2D eigenvalue weighted by molar-refractivity contribution is 5.97. The molecule has 5 heteroatoms. The second kappa shape index (κ2) is 8.40. The van der Waals surface area contributed by atoms with Crippen LogP contribution in [0.2, 0.25) is 0 Å². The van der Waals surface area contributed by atoms with Crippen LogP contribution in [0.25, 0.3) is 0 Å². The number of halogens is 1. The van der Waals surface area contributed by atoms with Gasteiger partial charge in [0.25, 0.3) is 5.91 Å². The topological polar surface area (TPSA) is 58.6 Å². The summed E-state index contributed by atoms with van der Waals surface area (Å²) in [5.41, 5.74) is 0.528. The van der Waals surface area contributed by atoms with E-state index in [2.05, 4.69) is 17.2 Å². The number of aliphatic hydroxyl groups is 1. The number of hydrogen-bond donors (Lipinski definition) is 2. The Balaban J connectivity index is 3.02. The van der Waals surface area contributed by atoms with Crippen LogP contribution in [0.3, 0.4) is 0 Å². The second-order valence-corrected chi connectivity index (χ2v) is 4.93. The van der Waals surface area contributed by atoms with Crippen molar-refractivity contribution in [3.63, 3.8) is 0 Å². The van der Waals surface area contributed by atoms with E-state index in [1.165, 1.54) is 12.1 Å². The molecule has 0 aliphatic heterocycles. The standard InChI is InChI=1S/C16H20FNO3/c1-11(2)15(10-21-3)18-16(20)14-9-13(17)7-6-12(14)5-4-8-19/h6-7,9,11,15,19H,8,10H2,1-3H3,(H,18,20). The fourth-order valence-corrected chi connectivity index (χ4v) is 1.77. The average Bonchev–Trinajstić information content (AvgIpc) is 2.45. The van der Waals surface area contributed by atoms with Crippen molar-refractivity contribution < 1.29 is 19.0 Å². The molecule has 0 fully saturated rings. The Bertz CT molecular complexity index is 546. The summed E-state index contributed by atoms with van der Waals surface area (Å²) in [5.74, 6) is 4.36. The SMILES string of the molecule is COCC(NC(=O)c1cc(F)ccc1C#CCO)C(C)C. The zero-order valence-corrected chi connectivity index (χ0v) is 12.4. The maximum Gasteiger partial charge on any atom is 0.252 e. The summed E-state index contributed by atoms with van der Waals surface area (Å²) < 4.78 is 18.4. The van der Waals surface area contributed by atoms with Gasteiger partial charge in [0.15, 0.2) is 0 Å². The average molecular weight is 293 g/mol. The first-order valence-electron chi connectivity index (χ1n) is 6.68. The lowest BCUT2D eigenvalue weighted by Gasteiger charge is -2.21. The van der Waals surface area contributed by atoms with Crippen molar-refractivity contribution in [2.75, 3.05) is 20.3 Å². The molecule has 0 spiro atoms. The van der Waals surface area contributed by atoms with Gasteiger partial charge in [-0.2, -0.15) is 0 Å². The van der Waals surface area contributed by atoms with E-state index < -0.39 is 11.7 Å². The molecule has 114 valence electrons. The Morgan fingerprint density at radius 1 is 1.48 bits per heavy atom. The van der Waals surface area contributed by atoms with Gasteiger partial charge in [0.2, 0.25) is 0 Å². The highest BCUT2D eigenvalue weighted by atomic mass is 19.1. The van der Waals surface area contributed by atoms with Crippen LogP contribution in [-0.2, 0) is 4.74 Å². The van der Waals surface area contributed by atoms with E-state index >= 15 is 0 Å². The highest BCUT2D eigenvalue weighted by Crippen LogP contribution is 2.12. The van der Waals surface area contributed by atoms with Gasteiger partial charge in [-0.1, -0.05) is 25.7 Å². The molecule has 0 aromatic heterocycles. The Morgan fingerprint density at radius 3 is 2.76 bits per heavy atom. The number of nitrogens with one attached hydrogen (secondary N) is 1. The third kappa shape index (κ3) is 5.18. The van der Waals surface area contributed by atoms with E-state index in [1.54, 1.807) is 7.11 Å². The van der Waals surface area contributed by atoms with Gasteiger partial charge in [-0.25, -0.2) is 4.39 Å². The van der Waals surface area contributed by atoms with E-state index in [-0.39, 0.29) is 24.1 Å². The summed E-state index contributed by atoms with van der Waals surface area (Å²) in [6.45, 7) is 3.97. The fraction of sp³-hybridized carbons (Fsp3) is 0.438. The predicted molar refractivity (Wildman–Crippen MR) is 78.3 cm³/mol. The molecule has 2 N–H and O–H groups in total. The van der Waals surface area contributed by atoms with Crippen LogP contribution in [0.1, 0.15) is 29.8 Å². The molecule has 0 bridgehead atoms. The van der Waals surface area contributed by atoms with Crippen LogP contribution in [-0.4, -0.2) is 37.4 Å². The van der Waals surface area contributed by atoms with Crippen molar-refractivity contribution in [3.05, 3.63) is 35.1 Å². The quantitative estimate of drug-likeness (QED) is 0.810. The van der Waals surface area contributed by atoms with Crippen molar-refractivity contribution in [2.45, 2.75) is 19.9 Å². The summed E-state index contributed by atoms with van der Waals surface area (Å²) in [6, 6.07) is 3.62. The van der Waals surface area contributed by atoms with Crippen LogP contribution in [0.15, 0.2) is 18.2 Å². The third-order valence-electron chi connectivity index (χ3n) is 3.00. The number of carbonyl (C=O) groups is 1. The van der Waals surface area contributed by atoms with Gasteiger partial charge in [-0.05, 0) is 24.1 Å². The summed E-state index contributed by atoms with van der Waals surface area (Å²) in [4.78, 5) is 12.3. The molecule has 0 saturated heterocycles. The molecule has 4 nitrogen and oxygen atoms in total. The summed E-state index contributed by atoms with van der Waals surface area (Å²) in [7, 11) is 1.56. The zero-order chi connectivity index (χ0) is 15.8. The number of methoxy groups -OCH3 is 1. The van der Waals surface area contributed by atoms with Gasteiger partial charge >= 0.3 is 0 Å². The van der Waals surface area contributed by atoms with E-state index in [4.69, 9.17) is 9.84 Å². The van der Waals surface area contributed by atoms with Crippen LogP contribution in [0, 0.1) is 23.6 Å². The minimum Gasteiger partial charge on any atom is -0.384 e.